The summed E-state index contributed by atoms with van der Waals surface area (Å²) in [4.78, 5) is 0.145. The average Bonchev–Trinajstić information content (AvgIpc) is 2.25. The zero-order valence-electron chi connectivity index (χ0n) is 11.4. The second-order valence-electron chi connectivity index (χ2n) is 5.66. The Balaban J connectivity index is 2.82. The molecule has 4 nitrogen and oxygen atoms in total. The zero-order chi connectivity index (χ0) is 14.0. The minimum Gasteiger partial charge on any atom is -0.398 e. The molecule has 0 amide bonds. The quantitative estimate of drug-likeness (QED) is 0.824. The largest absolute Gasteiger partial charge is 0.398 e. The third kappa shape index (κ3) is 3.71. The van der Waals surface area contributed by atoms with Crippen molar-refractivity contribution in [3.63, 3.8) is 0 Å². The van der Waals surface area contributed by atoms with Crippen LogP contribution in [0.15, 0.2) is 29.2 Å². The SMILES string of the molecule is CC(CNS(=O)(=O)c1ccccc1N)C(C)(C)C. The molecule has 3 N–H and O–H groups in total. The number of hydrogen-bond donors (Lipinski definition) is 2. The number of hydrogen-bond acceptors (Lipinski definition) is 3. The van der Waals surface area contributed by atoms with E-state index in [0.717, 1.165) is 0 Å². The van der Waals surface area contributed by atoms with Gasteiger partial charge in [0.25, 0.3) is 0 Å². The van der Waals surface area contributed by atoms with Gasteiger partial charge in [-0.2, -0.15) is 0 Å². The van der Waals surface area contributed by atoms with E-state index in [1.807, 2.05) is 6.92 Å². The molecule has 102 valence electrons. The number of nitrogens with one attached hydrogen (secondary N) is 1. The van der Waals surface area contributed by atoms with Gasteiger partial charge in [0.2, 0.25) is 10.0 Å². The van der Waals surface area contributed by atoms with Crippen LogP contribution < -0.4 is 10.5 Å². The van der Waals surface area contributed by atoms with Crippen LogP contribution in [0.5, 0.6) is 0 Å². The molecule has 0 bridgehead atoms. The molecule has 0 saturated carbocycles. The van der Waals surface area contributed by atoms with Gasteiger partial charge in [0.15, 0.2) is 0 Å². The van der Waals surface area contributed by atoms with E-state index in [9.17, 15) is 8.42 Å². The fraction of sp³-hybridized carbons (Fsp3) is 0.538. The Morgan fingerprint density at radius 3 is 2.33 bits per heavy atom. The molecular weight excluding hydrogens is 248 g/mol. The number of nitrogens with two attached hydrogens (primary N) is 1. The van der Waals surface area contributed by atoms with Gasteiger partial charge in [0.05, 0.1) is 5.69 Å². The van der Waals surface area contributed by atoms with Crippen LogP contribution in [0.3, 0.4) is 0 Å². The van der Waals surface area contributed by atoms with Crippen molar-refractivity contribution in [1.82, 2.24) is 4.72 Å². The maximum Gasteiger partial charge on any atom is 0.242 e. The Hall–Kier alpha value is -1.07. The molecule has 18 heavy (non-hydrogen) atoms. The van der Waals surface area contributed by atoms with Crippen LogP contribution in [0.4, 0.5) is 5.69 Å². The van der Waals surface area contributed by atoms with E-state index < -0.39 is 10.0 Å². The van der Waals surface area contributed by atoms with E-state index in [4.69, 9.17) is 5.73 Å². The number of para-hydroxylation sites is 1. The summed E-state index contributed by atoms with van der Waals surface area (Å²) in [5, 5.41) is 0. The molecule has 0 aliphatic carbocycles. The van der Waals surface area contributed by atoms with Crippen molar-refractivity contribution in [2.24, 2.45) is 11.3 Å². The van der Waals surface area contributed by atoms with Gasteiger partial charge < -0.3 is 5.73 Å². The first kappa shape index (κ1) is 15.0. The lowest BCUT2D eigenvalue weighted by molar-refractivity contribution is 0.263. The lowest BCUT2D eigenvalue weighted by Gasteiger charge is -2.27. The second kappa shape index (κ2) is 5.28. The molecule has 0 aliphatic rings. The first-order chi connectivity index (χ1) is 8.14. The molecule has 1 atom stereocenters. The van der Waals surface area contributed by atoms with Gasteiger partial charge in [0.1, 0.15) is 4.90 Å². The van der Waals surface area contributed by atoms with Crippen LogP contribution in [0, 0.1) is 11.3 Å². The van der Waals surface area contributed by atoms with Crippen LogP contribution >= 0.6 is 0 Å². The highest BCUT2D eigenvalue weighted by Crippen LogP contribution is 2.25. The lowest BCUT2D eigenvalue weighted by atomic mass is 9.82. The fourth-order valence-corrected chi connectivity index (χ4v) is 2.60. The van der Waals surface area contributed by atoms with Crippen molar-refractivity contribution in [3.05, 3.63) is 24.3 Å². The second-order valence-corrected chi connectivity index (χ2v) is 7.39. The van der Waals surface area contributed by atoms with Crippen molar-refractivity contribution >= 4 is 15.7 Å². The highest BCUT2D eigenvalue weighted by Gasteiger charge is 2.23. The molecule has 1 aromatic carbocycles. The highest BCUT2D eigenvalue weighted by molar-refractivity contribution is 7.89. The third-order valence-corrected chi connectivity index (χ3v) is 4.76. The Labute approximate surface area is 110 Å². The highest BCUT2D eigenvalue weighted by atomic mass is 32.2. The molecule has 0 spiro atoms. The van der Waals surface area contributed by atoms with Gasteiger partial charge in [-0.3, -0.25) is 0 Å². The van der Waals surface area contributed by atoms with E-state index in [1.54, 1.807) is 18.2 Å². The van der Waals surface area contributed by atoms with Crippen LogP contribution in [0.2, 0.25) is 0 Å². The van der Waals surface area contributed by atoms with Crippen LogP contribution in [0.25, 0.3) is 0 Å². The van der Waals surface area contributed by atoms with Crippen LogP contribution in [0.1, 0.15) is 27.7 Å². The predicted octanol–water partition coefficient (Wildman–Crippen LogP) is 2.23. The topological polar surface area (TPSA) is 72.2 Å². The third-order valence-electron chi connectivity index (χ3n) is 3.27. The van der Waals surface area contributed by atoms with Crippen molar-refractivity contribution in [2.45, 2.75) is 32.6 Å². The van der Waals surface area contributed by atoms with E-state index in [2.05, 4.69) is 25.5 Å². The number of benzene rings is 1. The Bertz CT molecular complexity index is 504. The summed E-state index contributed by atoms with van der Waals surface area (Å²) < 4.78 is 26.8. The van der Waals surface area contributed by atoms with Crippen molar-refractivity contribution in [2.75, 3.05) is 12.3 Å². The maximum atomic E-state index is 12.1. The van der Waals surface area contributed by atoms with Crippen LogP contribution in [-0.4, -0.2) is 15.0 Å². The monoisotopic (exact) mass is 270 g/mol. The van der Waals surface area contributed by atoms with Crippen molar-refractivity contribution in [3.8, 4) is 0 Å². The molecule has 0 aromatic heterocycles. The standard InChI is InChI=1S/C13H22N2O2S/c1-10(13(2,3)4)9-15-18(16,17)12-8-6-5-7-11(12)14/h5-8,10,15H,9,14H2,1-4H3. The number of nitrogen functional groups attached to an aromatic ring is 1. The first-order valence-corrected chi connectivity index (χ1v) is 7.47. The summed E-state index contributed by atoms with van der Waals surface area (Å²) in [6, 6.07) is 6.48. The molecule has 0 radical (unpaired) electrons. The van der Waals surface area contributed by atoms with Gasteiger partial charge in [-0.15, -0.1) is 0 Å². The van der Waals surface area contributed by atoms with E-state index in [0.29, 0.717) is 6.54 Å². The molecule has 0 fully saturated rings. The number of anilines is 1. The molecule has 1 unspecified atom stereocenters. The minimum absolute atomic E-state index is 0.0603. The average molecular weight is 270 g/mol. The molecule has 0 saturated heterocycles. The summed E-state index contributed by atoms with van der Waals surface area (Å²) in [5.74, 6) is 0.234. The van der Waals surface area contributed by atoms with E-state index in [1.165, 1.54) is 6.07 Å². The molecular formula is C13H22N2O2S. The van der Waals surface area contributed by atoms with Crippen LogP contribution in [-0.2, 0) is 10.0 Å². The van der Waals surface area contributed by atoms with Gasteiger partial charge in [-0.25, -0.2) is 13.1 Å². The number of rotatable bonds is 4. The molecule has 1 rings (SSSR count). The maximum absolute atomic E-state index is 12.1. The normalized spacial score (nSPS) is 14.4. The minimum atomic E-state index is -3.52. The van der Waals surface area contributed by atoms with E-state index >= 15 is 0 Å². The van der Waals surface area contributed by atoms with Crippen molar-refractivity contribution < 1.29 is 8.42 Å². The Morgan fingerprint density at radius 1 is 1.28 bits per heavy atom. The predicted molar refractivity (Wildman–Crippen MR) is 74.7 cm³/mol. The molecule has 1 aromatic rings. The summed E-state index contributed by atoms with van der Waals surface area (Å²) in [5.41, 5.74) is 6.01. The smallest absolute Gasteiger partial charge is 0.242 e. The summed E-state index contributed by atoms with van der Waals surface area (Å²) in [6.45, 7) is 8.69. The Morgan fingerprint density at radius 2 is 1.83 bits per heavy atom. The van der Waals surface area contributed by atoms with E-state index in [-0.39, 0.29) is 21.9 Å². The zero-order valence-corrected chi connectivity index (χ0v) is 12.2. The van der Waals surface area contributed by atoms with Crippen molar-refractivity contribution in [1.29, 1.82) is 0 Å². The first-order valence-electron chi connectivity index (χ1n) is 5.99. The fourth-order valence-electron chi connectivity index (χ4n) is 1.34. The summed E-state index contributed by atoms with van der Waals surface area (Å²) in [7, 11) is -3.52. The van der Waals surface area contributed by atoms with Gasteiger partial charge in [-0.05, 0) is 23.5 Å². The molecule has 0 aliphatic heterocycles. The number of sulfonamides is 1. The molecule has 0 heterocycles. The van der Waals surface area contributed by atoms with Gasteiger partial charge in [0, 0.05) is 6.54 Å². The van der Waals surface area contributed by atoms with Gasteiger partial charge in [-0.1, -0.05) is 39.8 Å². The Kier molecular flexibility index (Phi) is 4.40. The van der Waals surface area contributed by atoms with Gasteiger partial charge >= 0.3 is 0 Å². The summed E-state index contributed by atoms with van der Waals surface area (Å²) >= 11 is 0. The molecule has 5 heteroatoms. The lowest BCUT2D eigenvalue weighted by Crippen LogP contribution is -2.34. The summed E-state index contributed by atoms with van der Waals surface area (Å²) in [6.07, 6.45) is 0.